The second-order valence-electron chi connectivity index (χ2n) is 7.04. The molecule has 2 N–H and O–H groups in total. The summed E-state index contributed by atoms with van der Waals surface area (Å²) < 4.78 is 0. The standard InChI is InChI=1S/C24H22N2O2S/c27-23(25-19-14-15-19)18-10-7-11-20(16-18)26-24(28)22(17-8-3-1-4-9-17)29-21-12-5-2-6-13-21/h1-13,16,19,22H,14-15H2,(H,25,27)(H,26,28). The van der Waals surface area contributed by atoms with Crippen LogP contribution in [-0.2, 0) is 4.79 Å². The van der Waals surface area contributed by atoms with Crippen molar-refractivity contribution in [1.82, 2.24) is 5.32 Å². The molecule has 0 spiro atoms. The quantitative estimate of drug-likeness (QED) is 0.544. The van der Waals surface area contributed by atoms with Gasteiger partial charge in [0.05, 0.1) is 0 Å². The molecule has 4 rings (SSSR count). The van der Waals surface area contributed by atoms with E-state index in [-0.39, 0.29) is 11.8 Å². The Bertz CT molecular complexity index is 988. The average molecular weight is 403 g/mol. The smallest absolute Gasteiger partial charge is 0.251 e. The Labute approximate surface area is 174 Å². The third-order valence-corrected chi connectivity index (χ3v) is 5.91. The van der Waals surface area contributed by atoms with Gasteiger partial charge in [0.15, 0.2) is 0 Å². The minimum absolute atomic E-state index is 0.0955. The third-order valence-electron chi connectivity index (χ3n) is 4.64. The number of hydrogen-bond acceptors (Lipinski definition) is 3. The topological polar surface area (TPSA) is 58.2 Å². The van der Waals surface area contributed by atoms with Crippen molar-refractivity contribution in [2.24, 2.45) is 0 Å². The van der Waals surface area contributed by atoms with Crippen LogP contribution in [0, 0.1) is 0 Å². The third kappa shape index (κ3) is 5.27. The molecule has 1 aliphatic rings. The van der Waals surface area contributed by atoms with Crippen LogP contribution in [-0.4, -0.2) is 17.9 Å². The van der Waals surface area contributed by atoms with Gasteiger partial charge in [0.1, 0.15) is 5.25 Å². The van der Waals surface area contributed by atoms with E-state index in [9.17, 15) is 9.59 Å². The van der Waals surface area contributed by atoms with Crippen molar-refractivity contribution in [3.8, 4) is 0 Å². The molecule has 0 radical (unpaired) electrons. The summed E-state index contributed by atoms with van der Waals surface area (Å²) in [5, 5.41) is 5.56. The molecule has 1 atom stereocenters. The molecule has 1 aliphatic carbocycles. The second kappa shape index (κ2) is 8.97. The van der Waals surface area contributed by atoms with E-state index in [1.807, 2.05) is 60.7 Å². The van der Waals surface area contributed by atoms with Crippen molar-refractivity contribution in [2.45, 2.75) is 29.0 Å². The van der Waals surface area contributed by atoms with Crippen molar-refractivity contribution in [1.29, 1.82) is 0 Å². The zero-order valence-electron chi connectivity index (χ0n) is 15.9. The molecule has 0 aliphatic heterocycles. The van der Waals surface area contributed by atoms with Gasteiger partial charge in [0.25, 0.3) is 5.91 Å². The Morgan fingerprint density at radius 2 is 1.55 bits per heavy atom. The molecule has 4 nitrogen and oxygen atoms in total. The molecular formula is C24H22N2O2S. The van der Waals surface area contributed by atoms with Gasteiger partial charge in [0.2, 0.25) is 5.91 Å². The Hall–Kier alpha value is -3.05. The van der Waals surface area contributed by atoms with Gasteiger partial charge in [-0.2, -0.15) is 0 Å². The van der Waals surface area contributed by atoms with Crippen LogP contribution in [0.2, 0.25) is 0 Å². The first-order chi connectivity index (χ1) is 14.2. The first-order valence-electron chi connectivity index (χ1n) is 9.67. The number of nitrogens with one attached hydrogen (secondary N) is 2. The van der Waals surface area contributed by atoms with Crippen molar-refractivity contribution < 1.29 is 9.59 Å². The van der Waals surface area contributed by atoms with E-state index in [1.165, 1.54) is 11.8 Å². The Morgan fingerprint density at radius 3 is 2.24 bits per heavy atom. The van der Waals surface area contributed by atoms with Gasteiger partial charge >= 0.3 is 0 Å². The van der Waals surface area contributed by atoms with Crippen LogP contribution < -0.4 is 10.6 Å². The molecule has 0 bridgehead atoms. The minimum atomic E-state index is -0.400. The van der Waals surface area contributed by atoms with Gasteiger partial charge in [-0.3, -0.25) is 9.59 Å². The number of amides is 2. The van der Waals surface area contributed by atoms with Gasteiger partial charge in [-0.25, -0.2) is 0 Å². The maximum Gasteiger partial charge on any atom is 0.251 e. The second-order valence-corrected chi connectivity index (χ2v) is 8.22. The first-order valence-corrected chi connectivity index (χ1v) is 10.6. The minimum Gasteiger partial charge on any atom is -0.349 e. The Balaban J connectivity index is 1.52. The van der Waals surface area contributed by atoms with Crippen molar-refractivity contribution >= 4 is 29.3 Å². The molecule has 0 heterocycles. The summed E-state index contributed by atoms with van der Waals surface area (Å²) in [4.78, 5) is 26.5. The summed E-state index contributed by atoms with van der Waals surface area (Å²) in [6.45, 7) is 0. The molecule has 3 aromatic carbocycles. The van der Waals surface area contributed by atoms with E-state index in [4.69, 9.17) is 0 Å². The molecule has 0 aromatic heterocycles. The fourth-order valence-corrected chi connectivity index (χ4v) is 4.02. The van der Waals surface area contributed by atoms with E-state index in [0.29, 0.717) is 17.3 Å². The molecule has 0 saturated heterocycles. The van der Waals surface area contributed by atoms with Crippen molar-refractivity contribution in [3.63, 3.8) is 0 Å². The summed E-state index contributed by atoms with van der Waals surface area (Å²) in [6.07, 6.45) is 2.08. The van der Waals surface area contributed by atoms with Crippen LogP contribution in [0.4, 0.5) is 5.69 Å². The lowest BCUT2D eigenvalue weighted by Crippen LogP contribution is -2.25. The van der Waals surface area contributed by atoms with E-state index in [0.717, 1.165) is 23.3 Å². The van der Waals surface area contributed by atoms with Crippen molar-refractivity contribution in [2.75, 3.05) is 5.32 Å². The number of anilines is 1. The van der Waals surface area contributed by atoms with Crippen LogP contribution in [0.3, 0.4) is 0 Å². The van der Waals surface area contributed by atoms with E-state index < -0.39 is 5.25 Å². The molecule has 5 heteroatoms. The normalized spacial score (nSPS) is 14.1. The van der Waals surface area contributed by atoms with Gasteiger partial charge < -0.3 is 10.6 Å². The van der Waals surface area contributed by atoms with Gasteiger partial charge in [-0.15, -0.1) is 11.8 Å². The molecule has 1 unspecified atom stereocenters. The van der Waals surface area contributed by atoms with Crippen LogP contribution >= 0.6 is 11.8 Å². The SMILES string of the molecule is O=C(NC1CC1)c1cccc(NC(=O)C(Sc2ccccc2)c2ccccc2)c1. The fraction of sp³-hybridized carbons (Fsp3) is 0.167. The van der Waals surface area contributed by atoms with E-state index in [1.54, 1.807) is 24.3 Å². The number of benzene rings is 3. The monoisotopic (exact) mass is 402 g/mol. The summed E-state index contributed by atoms with van der Waals surface area (Å²) in [5.74, 6) is -0.216. The predicted octanol–water partition coefficient (Wildman–Crippen LogP) is 5.05. The summed E-state index contributed by atoms with van der Waals surface area (Å²) >= 11 is 1.51. The molecular weight excluding hydrogens is 380 g/mol. The molecule has 146 valence electrons. The predicted molar refractivity (Wildman–Crippen MR) is 117 cm³/mol. The molecule has 1 saturated carbocycles. The maximum atomic E-state index is 13.2. The molecule has 1 fully saturated rings. The largest absolute Gasteiger partial charge is 0.349 e. The van der Waals surface area contributed by atoms with Gasteiger partial charge in [-0.1, -0.05) is 54.6 Å². The number of hydrogen-bond donors (Lipinski definition) is 2. The summed E-state index contributed by atoms with van der Waals surface area (Å²) in [7, 11) is 0. The van der Waals surface area contributed by atoms with Gasteiger partial charge in [0, 0.05) is 22.2 Å². The first kappa shape index (κ1) is 19.3. The van der Waals surface area contributed by atoms with E-state index in [2.05, 4.69) is 10.6 Å². The number of carbonyl (C=O) groups is 2. The highest BCUT2D eigenvalue weighted by atomic mass is 32.2. The van der Waals surface area contributed by atoms with Crippen LogP contribution in [0.15, 0.2) is 89.8 Å². The highest BCUT2D eigenvalue weighted by Crippen LogP contribution is 2.36. The van der Waals surface area contributed by atoms with Crippen LogP contribution in [0.1, 0.15) is 34.0 Å². The molecule has 29 heavy (non-hydrogen) atoms. The lowest BCUT2D eigenvalue weighted by Gasteiger charge is -2.17. The van der Waals surface area contributed by atoms with Crippen molar-refractivity contribution in [3.05, 3.63) is 96.1 Å². The maximum absolute atomic E-state index is 13.2. The average Bonchev–Trinajstić information content (AvgIpc) is 3.57. The van der Waals surface area contributed by atoms with Crippen LogP contribution in [0.25, 0.3) is 0 Å². The van der Waals surface area contributed by atoms with Gasteiger partial charge in [-0.05, 0) is 48.7 Å². The zero-order valence-corrected chi connectivity index (χ0v) is 16.7. The number of carbonyl (C=O) groups excluding carboxylic acids is 2. The highest BCUT2D eigenvalue weighted by Gasteiger charge is 2.25. The lowest BCUT2D eigenvalue weighted by atomic mass is 10.1. The summed E-state index contributed by atoms with van der Waals surface area (Å²) in [5.41, 5.74) is 2.11. The lowest BCUT2D eigenvalue weighted by molar-refractivity contribution is -0.115. The van der Waals surface area contributed by atoms with Crippen LogP contribution in [0.5, 0.6) is 0 Å². The summed E-state index contributed by atoms with van der Waals surface area (Å²) in [6, 6.07) is 27.0. The number of rotatable bonds is 7. The zero-order chi connectivity index (χ0) is 20.1. The highest BCUT2D eigenvalue weighted by molar-refractivity contribution is 8.00. The molecule has 3 aromatic rings. The number of thioether (sulfide) groups is 1. The Morgan fingerprint density at radius 1 is 0.862 bits per heavy atom. The fourth-order valence-electron chi connectivity index (χ4n) is 2.98. The van der Waals surface area contributed by atoms with E-state index >= 15 is 0 Å². The molecule has 2 amide bonds. The Kier molecular flexibility index (Phi) is 5.96.